The van der Waals surface area contributed by atoms with Crippen molar-refractivity contribution in [1.29, 1.82) is 0 Å². The van der Waals surface area contributed by atoms with Gasteiger partial charge >= 0.3 is 0 Å². The number of rotatable bonds is 12. The van der Waals surface area contributed by atoms with Gasteiger partial charge in [0.05, 0.1) is 12.3 Å². The van der Waals surface area contributed by atoms with Gasteiger partial charge in [-0.3, -0.25) is 4.98 Å². The number of pyridine rings is 1. The van der Waals surface area contributed by atoms with Gasteiger partial charge in [-0.2, -0.15) is 0 Å². The van der Waals surface area contributed by atoms with Gasteiger partial charge in [-0.05, 0) is 79.1 Å². The molecule has 3 rings (SSSR count). The van der Waals surface area contributed by atoms with Crippen molar-refractivity contribution in [3.05, 3.63) is 83.6 Å². The van der Waals surface area contributed by atoms with Crippen LogP contribution < -0.4 is 4.74 Å². The van der Waals surface area contributed by atoms with Crippen LogP contribution in [0.3, 0.4) is 0 Å². The maximum atomic E-state index is 5.74. The second-order valence-corrected chi connectivity index (χ2v) is 8.05. The molecule has 30 heavy (non-hydrogen) atoms. The Bertz CT molecular complexity index is 851. The van der Waals surface area contributed by atoms with Crippen molar-refractivity contribution in [3.8, 4) is 17.0 Å². The third-order valence-corrected chi connectivity index (χ3v) is 5.54. The fraction of sp³-hybridized carbons (Fsp3) is 0.393. The van der Waals surface area contributed by atoms with Crippen LogP contribution in [-0.4, -0.2) is 11.6 Å². The molecule has 0 radical (unpaired) electrons. The Kier molecular flexibility index (Phi) is 8.96. The Morgan fingerprint density at radius 3 is 1.90 bits per heavy atom. The lowest BCUT2D eigenvalue weighted by atomic mass is 10.0. The van der Waals surface area contributed by atoms with Crippen LogP contribution in [-0.2, 0) is 19.3 Å². The first-order chi connectivity index (χ1) is 14.8. The predicted octanol–water partition coefficient (Wildman–Crippen LogP) is 7.45. The van der Waals surface area contributed by atoms with Gasteiger partial charge in [0.2, 0.25) is 0 Å². The SMILES string of the molecule is CCCCCc1ccc(CCc2ccc(-c3ccc(OCCCC)cc3)nc2)cc1. The lowest BCUT2D eigenvalue weighted by Crippen LogP contribution is -1.96. The van der Waals surface area contributed by atoms with Gasteiger partial charge in [0.25, 0.3) is 0 Å². The zero-order chi connectivity index (χ0) is 21.0. The average Bonchev–Trinajstić information content (AvgIpc) is 2.80. The van der Waals surface area contributed by atoms with Gasteiger partial charge in [0, 0.05) is 11.8 Å². The van der Waals surface area contributed by atoms with Crippen LogP contribution >= 0.6 is 0 Å². The van der Waals surface area contributed by atoms with Gasteiger partial charge in [0.1, 0.15) is 5.75 Å². The minimum absolute atomic E-state index is 0.782. The molecule has 0 atom stereocenters. The van der Waals surface area contributed by atoms with Crippen LogP contribution in [0.2, 0.25) is 0 Å². The molecular formula is C28H35NO. The fourth-order valence-electron chi connectivity index (χ4n) is 3.54. The minimum atomic E-state index is 0.782. The van der Waals surface area contributed by atoms with Gasteiger partial charge in [-0.25, -0.2) is 0 Å². The van der Waals surface area contributed by atoms with E-state index in [1.54, 1.807) is 0 Å². The van der Waals surface area contributed by atoms with E-state index in [1.807, 2.05) is 18.3 Å². The summed E-state index contributed by atoms with van der Waals surface area (Å²) >= 11 is 0. The fourth-order valence-corrected chi connectivity index (χ4v) is 3.54. The van der Waals surface area contributed by atoms with Crippen molar-refractivity contribution >= 4 is 0 Å². The van der Waals surface area contributed by atoms with E-state index in [2.05, 4.69) is 67.4 Å². The number of hydrogen-bond donors (Lipinski definition) is 0. The summed E-state index contributed by atoms with van der Waals surface area (Å²) < 4.78 is 5.74. The molecule has 2 aromatic carbocycles. The highest BCUT2D eigenvalue weighted by Gasteiger charge is 2.02. The maximum absolute atomic E-state index is 5.74. The second-order valence-electron chi connectivity index (χ2n) is 8.05. The predicted molar refractivity (Wildman–Crippen MR) is 127 cm³/mol. The Morgan fingerprint density at radius 1 is 0.633 bits per heavy atom. The average molecular weight is 402 g/mol. The maximum Gasteiger partial charge on any atom is 0.119 e. The van der Waals surface area contributed by atoms with Crippen molar-refractivity contribution in [1.82, 2.24) is 4.98 Å². The van der Waals surface area contributed by atoms with Gasteiger partial charge in [0.15, 0.2) is 0 Å². The summed E-state index contributed by atoms with van der Waals surface area (Å²) in [5.74, 6) is 0.931. The number of unbranched alkanes of at least 4 members (excludes halogenated alkanes) is 3. The quantitative estimate of drug-likeness (QED) is 0.294. The molecule has 0 aliphatic heterocycles. The van der Waals surface area contributed by atoms with E-state index in [4.69, 9.17) is 4.74 Å². The lowest BCUT2D eigenvalue weighted by molar-refractivity contribution is 0.309. The summed E-state index contributed by atoms with van der Waals surface area (Å²) in [6.45, 7) is 5.21. The van der Waals surface area contributed by atoms with Crippen molar-refractivity contribution < 1.29 is 4.74 Å². The van der Waals surface area contributed by atoms with E-state index >= 15 is 0 Å². The van der Waals surface area contributed by atoms with E-state index < -0.39 is 0 Å². The molecule has 1 heterocycles. The van der Waals surface area contributed by atoms with E-state index in [0.29, 0.717) is 0 Å². The Morgan fingerprint density at radius 2 is 1.27 bits per heavy atom. The summed E-state index contributed by atoms with van der Waals surface area (Å²) in [5, 5.41) is 0. The van der Waals surface area contributed by atoms with E-state index in [9.17, 15) is 0 Å². The molecule has 0 unspecified atom stereocenters. The smallest absolute Gasteiger partial charge is 0.119 e. The molecule has 0 amide bonds. The van der Waals surface area contributed by atoms with Gasteiger partial charge < -0.3 is 4.74 Å². The number of hydrogen-bond acceptors (Lipinski definition) is 2. The first-order valence-electron chi connectivity index (χ1n) is 11.5. The first kappa shape index (κ1) is 22.1. The van der Waals surface area contributed by atoms with Crippen LogP contribution in [0.4, 0.5) is 0 Å². The normalized spacial score (nSPS) is 10.9. The Balaban J connectivity index is 1.49. The van der Waals surface area contributed by atoms with Crippen LogP contribution in [0.15, 0.2) is 66.9 Å². The zero-order valence-corrected chi connectivity index (χ0v) is 18.6. The number of aromatic nitrogens is 1. The van der Waals surface area contributed by atoms with Crippen LogP contribution in [0.5, 0.6) is 5.75 Å². The molecule has 2 heteroatoms. The number of ether oxygens (including phenoxy) is 1. The van der Waals surface area contributed by atoms with E-state index in [0.717, 1.165) is 49.3 Å². The highest BCUT2D eigenvalue weighted by atomic mass is 16.5. The summed E-state index contributed by atoms with van der Waals surface area (Å²) in [6, 6.07) is 21.7. The Hall–Kier alpha value is -2.61. The molecule has 0 spiro atoms. The molecule has 3 aromatic rings. The molecule has 0 aliphatic carbocycles. The molecule has 0 aliphatic rings. The molecule has 0 N–H and O–H groups in total. The minimum Gasteiger partial charge on any atom is -0.494 e. The second kappa shape index (κ2) is 12.2. The molecule has 0 fully saturated rings. The monoisotopic (exact) mass is 401 g/mol. The molecule has 1 aromatic heterocycles. The van der Waals surface area contributed by atoms with Crippen LogP contribution in [0.25, 0.3) is 11.3 Å². The molecule has 158 valence electrons. The standard InChI is InChI=1S/C28H35NO/c1-3-5-7-8-23-9-11-24(12-10-23)13-14-25-15-20-28(29-22-25)26-16-18-27(19-17-26)30-21-6-4-2/h9-12,15-20,22H,3-8,13-14,21H2,1-2H3. The van der Waals surface area contributed by atoms with E-state index in [-0.39, 0.29) is 0 Å². The molecule has 0 bridgehead atoms. The van der Waals surface area contributed by atoms with Gasteiger partial charge in [-0.1, -0.05) is 63.4 Å². The first-order valence-corrected chi connectivity index (χ1v) is 11.5. The largest absolute Gasteiger partial charge is 0.494 e. The van der Waals surface area contributed by atoms with Crippen molar-refractivity contribution in [2.45, 2.75) is 65.2 Å². The number of aryl methyl sites for hydroxylation is 3. The topological polar surface area (TPSA) is 22.1 Å². The van der Waals surface area contributed by atoms with Crippen LogP contribution in [0.1, 0.15) is 62.6 Å². The van der Waals surface area contributed by atoms with Gasteiger partial charge in [-0.15, -0.1) is 0 Å². The van der Waals surface area contributed by atoms with Crippen LogP contribution in [0, 0.1) is 0 Å². The highest BCUT2D eigenvalue weighted by Crippen LogP contribution is 2.21. The zero-order valence-electron chi connectivity index (χ0n) is 18.6. The summed E-state index contributed by atoms with van der Waals surface area (Å²) in [4.78, 5) is 4.68. The molecule has 2 nitrogen and oxygen atoms in total. The summed E-state index contributed by atoms with van der Waals surface area (Å²) in [5.41, 5.74) is 6.28. The third kappa shape index (κ3) is 7.02. The highest BCUT2D eigenvalue weighted by molar-refractivity contribution is 5.60. The van der Waals surface area contributed by atoms with Crippen molar-refractivity contribution in [3.63, 3.8) is 0 Å². The molecule has 0 saturated heterocycles. The number of nitrogens with zero attached hydrogens (tertiary/aromatic N) is 1. The molecule has 0 saturated carbocycles. The van der Waals surface area contributed by atoms with Crippen molar-refractivity contribution in [2.24, 2.45) is 0 Å². The Labute approximate surface area is 182 Å². The van der Waals surface area contributed by atoms with E-state index in [1.165, 1.54) is 42.4 Å². The summed E-state index contributed by atoms with van der Waals surface area (Å²) in [6.07, 6.45) is 11.4. The number of benzene rings is 2. The van der Waals surface area contributed by atoms with Crippen molar-refractivity contribution in [2.75, 3.05) is 6.61 Å². The lowest BCUT2D eigenvalue weighted by Gasteiger charge is -2.08. The molecular weight excluding hydrogens is 366 g/mol. The summed E-state index contributed by atoms with van der Waals surface area (Å²) in [7, 11) is 0. The third-order valence-electron chi connectivity index (χ3n) is 5.54.